The summed E-state index contributed by atoms with van der Waals surface area (Å²) in [5.74, 6) is -0.883. The summed E-state index contributed by atoms with van der Waals surface area (Å²) in [5, 5.41) is 12.0. The number of carbonyl (C=O) groups is 1. The van der Waals surface area contributed by atoms with E-state index in [0.29, 0.717) is 18.5 Å². The van der Waals surface area contributed by atoms with Gasteiger partial charge in [0.1, 0.15) is 5.75 Å². The second-order valence-electron chi connectivity index (χ2n) is 6.60. The van der Waals surface area contributed by atoms with Crippen LogP contribution in [0.2, 0.25) is 0 Å². The zero-order chi connectivity index (χ0) is 20.5. The molecule has 0 unspecified atom stereocenters. The van der Waals surface area contributed by atoms with Gasteiger partial charge in [0, 0.05) is 24.5 Å². The minimum atomic E-state index is -4.18. The van der Waals surface area contributed by atoms with Crippen molar-refractivity contribution < 1.29 is 18.3 Å². The van der Waals surface area contributed by atoms with Crippen molar-refractivity contribution in [2.45, 2.75) is 24.7 Å². The van der Waals surface area contributed by atoms with Crippen LogP contribution in [0.15, 0.2) is 38.8 Å². The molecular formula is C17H20N4O6S. The predicted molar refractivity (Wildman–Crippen MR) is 101 cm³/mol. The molecule has 1 aromatic carbocycles. The zero-order valence-electron chi connectivity index (χ0n) is 15.1. The van der Waals surface area contributed by atoms with Crippen LogP contribution in [0, 0.1) is 12.8 Å². The molecule has 1 aliphatic heterocycles. The Morgan fingerprint density at radius 3 is 2.54 bits per heavy atom. The lowest BCUT2D eigenvalue weighted by Gasteiger charge is -2.31. The number of phenols is 1. The zero-order valence-corrected chi connectivity index (χ0v) is 15.9. The highest BCUT2D eigenvalue weighted by atomic mass is 32.2. The number of phenolic OH excluding ortho intramolecular Hbond substituents is 1. The first-order valence-electron chi connectivity index (χ1n) is 8.62. The van der Waals surface area contributed by atoms with Crippen molar-refractivity contribution >= 4 is 21.6 Å². The lowest BCUT2D eigenvalue weighted by molar-refractivity contribution is -0.120. The number of aromatic nitrogens is 2. The Bertz CT molecular complexity index is 1100. The molecule has 28 heavy (non-hydrogen) atoms. The van der Waals surface area contributed by atoms with Gasteiger partial charge in [-0.05, 0) is 44.0 Å². The van der Waals surface area contributed by atoms with E-state index in [4.69, 9.17) is 0 Å². The molecule has 1 aliphatic rings. The molecule has 0 spiro atoms. The normalized spacial score (nSPS) is 18.0. The van der Waals surface area contributed by atoms with Crippen LogP contribution in [-0.4, -0.2) is 46.8 Å². The number of anilines is 1. The van der Waals surface area contributed by atoms with E-state index in [1.54, 1.807) is 0 Å². The number of nitrogens with one attached hydrogen (secondary N) is 3. The fourth-order valence-corrected chi connectivity index (χ4v) is 4.92. The molecule has 1 atom stereocenters. The SMILES string of the molecule is Cc1[nH]c(=O)[nH]c(=O)c1S(=O)(=O)N1CCC[C@H](C(=O)Nc2ccc(O)cc2)C1. The number of piperidine rings is 1. The highest BCUT2D eigenvalue weighted by Gasteiger charge is 2.35. The first-order chi connectivity index (χ1) is 13.2. The number of benzene rings is 1. The summed E-state index contributed by atoms with van der Waals surface area (Å²) in [6.45, 7) is 1.43. The highest BCUT2D eigenvalue weighted by Crippen LogP contribution is 2.24. The Morgan fingerprint density at radius 1 is 1.21 bits per heavy atom. The van der Waals surface area contributed by atoms with Crippen molar-refractivity contribution in [1.82, 2.24) is 14.3 Å². The molecule has 1 aromatic heterocycles. The van der Waals surface area contributed by atoms with Gasteiger partial charge in [0.05, 0.1) is 5.92 Å². The maximum absolute atomic E-state index is 12.9. The van der Waals surface area contributed by atoms with E-state index in [-0.39, 0.29) is 30.4 Å². The summed E-state index contributed by atoms with van der Waals surface area (Å²) in [6, 6.07) is 5.93. The van der Waals surface area contributed by atoms with Crippen molar-refractivity contribution in [3.8, 4) is 5.75 Å². The number of amides is 1. The molecular weight excluding hydrogens is 388 g/mol. The number of rotatable bonds is 4. The molecule has 10 nitrogen and oxygen atoms in total. The maximum atomic E-state index is 12.9. The number of aromatic hydroxyl groups is 1. The molecule has 1 fully saturated rings. The third-order valence-electron chi connectivity index (χ3n) is 4.56. The fraction of sp³-hybridized carbons (Fsp3) is 0.353. The van der Waals surface area contributed by atoms with Crippen LogP contribution in [0.5, 0.6) is 5.75 Å². The number of aromatic amines is 2. The quantitative estimate of drug-likeness (QED) is 0.527. The van der Waals surface area contributed by atoms with E-state index in [1.165, 1.54) is 31.2 Å². The van der Waals surface area contributed by atoms with Crippen LogP contribution in [0.3, 0.4) is 0 Å². The molecule has 1 saturated heterocycles. The number of aryl methyl sites for hydroxylation is 1. The maximum Gasteiger partial charge on any atom is 0.325 e. The van der Waals surface area contributed by atoms with E-state index in [0.717, 1.165) is 4.31 Å². The predicted octanol–water partition coefficient (Wildman–Crippen LogP) is 0.117. The van der Waals surface area contributed by atoms with Crippen LogP contribution in [0.1, 0.15) is 18.5 Å². The average Bonchev–Trinajstić information content (AvgIpc) is 2.62. The van der Waals surface area contributed by atoms with Gasteiger partial charge in [-0.3, -0.25) is 14.6 Å². The van der Waals surface area contributed by atoms with Gasteiger partial charge in [-0.1, -0.05) is 0 Å². The lowest BCUT2D eigenvalue weighted by atomic mass is 9.99. The van der Waals surface area contributed by atoms with Gasteiger partial charge in [-0.15, -0.1) is 0 Å². The van der Waals surface area contributed by atoms with Crippen LogP contribution in [-0.2, 0) is 14.8 Å². The summed E-state index contributed by atoms with van der Waals surface area (Å²) >= 11 is 0. The van der Waals surface area contributed by atoms with Crippen molar-refractivity contribution in [1.29, 1.82) is 0 Å². The van der Waals surface area contributed by atoms with Gasteiger partial charge in [-0.25, -0.2) is 13.2 Å². The third-order valence-corrected chi connectivity index (χ3v) is 6.58. The van der Waals surface area contributed by atoms with Crippen LogP contribution in [0.25, 0.3) is 0 Å². The minimum absolute atomic E-state index is 0.0515. The molecule has 1 amide bonds. The van der Waals surface area contributed by atoms with E-state index in [2.05, 4.69) is 10.3 Å². The molecule has 0 radical (unpaired) electrons. The van der Waals surface area contributed by atoms with E-state index >= 15 is 0 Å². The van der Waals surface area contributed by atoms with Gasteiger partial charge < -0.3 is 15.4 Å². The van der Waals surface area contributed by atoms with Gasteiger partial charge in [0.2, 0.25) is 15.9 Å². The number of nitrogens with zero attached hydrogens (tertiary/aromatic N) is 1. The van der Waals surface area contributed by atoms with Gasteiger partial charge in [0.15, 0.2) is 4.90 Å². The molecule has 4 N–H and O–H groups in total. The topological polar surface area (TPSA) is 152 Å². The van der Waals surface area contributed by atoms with E-state index < -0.39 is 32.1 Å². The van der Waals surface area contributed by atoms with Crippen molar-refractivity contribution in [2.75, 3.05) is 18.4 Å². The Labute approximate surface area is 160 Å². The van der Waals surface area contributed by atoms with Gasteiger partial charge in [-0.2, -0.15) is 4.31 Å². The molecule has 2 heterocycles. The first-order valence-corrected chi connectivity index (χ1v) is 10.1. The summed E-state index contributed by atoms with van der Waals surface area (Å²) < 4.78 is 26.9. The number of hydrogen-bond donors (Lipinski definition) is 4. The van der Waals surface area contributed by atoms with Gasteiger partial charge in [0.25, 0.3) is 5.56 Å². The Morgan fingerprint density at radius 2 is 1.89 bits per heavy atom. The average molecular weight is 408 g/mol. The Balaban J connectivity index is 1.81. The smallest absolute Gasteiger partial charge is 0.325 e. The number of hydrogen-bond acceptors (Lipinski definition) is 6. The van der Waals surface area contributed by atoms with Crippen LogP contribution >= 0.6 is 0 Å². The van der Waals surface area contributed by atoms with Crippen LogP contribution in [0.4, 0.5) is 5.69 Å². The molecule has 11 heteroatoms. The monoisotopic (exact) mass is 408 g/mol. The Hall–Kier alpha value is -2.92. The highest BCUT2D eigenvalue weighted by molar-refractivity contribution is 7.89. The number of carbonyl (C=O) groups excluding carboxylic acids is 1. The number of H-pyrrole nitrogens is 2. The largest absolute Gasteiger partial charge is 0.508 e. The number of sulfonamides is 1. The summed E-state index contributed by atoms with van der Waals surface area (Å²) in [4.78, 5) is 39.6. The summed E-state index contributed by atoms with van der Waals surface area (Å²) in [5.41, 5.74) is -1.34. The fourth-order valence-electron chi connectivity index (χ4n) is 3.19. The van der Waals surface area contributed by atoms with Crippen LogP contribution < -0.4 is 16.6 Å². The lowest BCUT2D eigenvalue weighted by Crippen LogP contribution is -2.45. The van der Waals surface area contributed by atoms with E-state index in [9.17, 15) is 27.9 Å². The molecule has 0 saturated carbocycles. The van der Waals surface area contributed by atoms with Crippen molar-refractivity contribution in [3.63, 3.8) is 0 Å². The molecule has 2 aromatic rings. The minimum Gasteiger partial charge on any atom is -0.508 e. The third kappa shape index (κ3) is 3.99. The molecule has 150 valence electrons. The van der Waals surface area contributed by atoms with Gasteiger partial charge >= 0.3 is 5.69 Å². The standard InChI is InChI=1S/C17H20N4O6S/c1-10-14(16(24)20-17(25)18-10)28(26,27)21-8-2-3-11(9-21)15(23)19-12-4-6-13(22)7-5-12/h4-7,11,22H,2-3,8-9H2,1H3,(H,19,23)(H2,18,20,24,25)/t11-/m0/s1. The molecule has 0 bridgehead atoms. The summed E-state index contributed by atoms with van der Waals surface area (Å²) in [6.07, 6.45) is 0.949. The molecule has 0 aliphatic carbocycles. The molecule has 3 rings (SSSR count). The van der Waals surface area contributed by atoms with Crippen molar-refractivity contribution in [2.24, 2.45) is 5.92 Å². The summed E-state index contributed by atoms with van der Waals surface area (Å²) in [7, 11) is -4.18. The second kappa shape index (κ2) is 7.60. The second-order valence-corrected chi connectivity index (χ2v) is 8.48. The van der Waals surface area contributed by atoms with E-state index in [1.807, 2.05) is 4.98 Å². The first kappa shape index (κ1) is 19.8. The Kier molecular flexibility index (Phi) is 5.38. The van der Waals surface area contributed by atoms with Crippen molar-refractivity contribution in [3.05, 3.63) is 50.8 Å².